The summed E-state index contributed by atoms with van der Waals surface area (Å²) in [6, 6.07) is 87.1. The van der Waals surface area contributed by atoms with Crippen LogP contribution in [0.15, 0.2) is 247 Å². The molecule has 10 aromatic carbocycles. The molecule has 0 N–H and O–H groups in total. The Balaban J connectivity index is 1.16. The fourth-order valence-electron chi connectivity index (χ4n) is 9.71. The topological polar surface area (TPSA) is 21.3 Å². The van der Waals surface area contributed by atoms with Gasteiger partial charge in [-0.25, -0.2) is 0 Å². The lowest BCUT2D eigenvalue weighted by molar-refractivity contribution is 0.670. The number of benzene rings is 10. The Morgan fingerprint density at radius 3 is 1.57 bits per heavy atom. The second-order valence-electron chi connectivity index (χ2n) is 16.0. The van der Waals surface area contributed by atoms with Crippen molar-refractivity contribution >= 4 is 60.8 Å². The molecule has 0 aliphatic heterocycles. The monoisotopic (exact) mass is 804 g/mol. The van der Waals surface area contributed by atoms with E-state index in [0.717, 1.165) is 78.0 Å². The first-order valence-electron chi connectivity index (χ1n) is 21.5. The van der Waals surface area contributed by atoms with E-state index in [1.807, 2.05) is 6.07 Å². The minimum Gasteiger partial charge on any atom is -0.455 e. The van der Waals surface area contributed by atoms with Crippen LogP contribution >= 0.6 is 0 Å². The Hall–Kier alpha value is -8.40. The number of furan rings is 1. The lowest BCUT2D eigenvalue weighted by atomic mass is 9.93. The molecule has 0 unspecified atom stereocenters. The van der Waals surface area contributed by atoms with Crippen LogP contribution in [-0.4, -0.2) is 4.57 Å². The van der Waals surface area contributed by atoms with E-state index in [1.54, 1.807) is 0 Å². The number of para-hydroxylation sites is 6. The highest BCUT2D eigenvalue weighted by Crippen LogP contribution is 2.50. The van der Waals surface area contributed by atoms with Gasteiger partial charge < -0.3 is 13.9 Å². The molecule has 0 aliphatic carbocycles. The standard InChI is InChI=1S/C60H40N2O/c1-3-21-41(22-4-1)43-25-7-8-27-45(43)46-28-10-15-35-53(46)62-55-37-17-12-31-51(55)59-56(38-20-39-57(59)62)61(52-34-14-9-26-44(52)42-23-5-2-6-24-42)54-36-16-11-29-47(54)49-32-19-33-50-48-30-13-18-40-58(48)63-60(49)50/h1-40H. The van der Waals surface area contributed by atoms with Crippen molar-refractivity contribution in [3.8, 4) is 50.2 Å². The Labute approximate surface area is 366 Å². The van der Waals surface area contributed by atoms with Crippen molar-refractivity contribution in [1.82, 2.24) is 4.57 Å². The summed E-state index contributed by atoms with van der Waals surface area (Å²) in [6.45, 7) is 0. The second kappa shape index (κ2) is 15.3. The van der Waals surface area contributed by atoms with Gasteiger partial charge in [0.15, 0.2) is 0 Å². The summed E-state index contributed by atoms with van der Waals surface area (Å²) in [7, 11) is 0. The Morgan fingerprint density at radius 2 is 0.794 bits per heavy atom. The fraction of sp³-hybridized carbons (Fsp3) is 0. The number of anilines is 3. The van der Waals surface area contributed by atoms with Gasteiger partial charge in [-0.2, -0.15) is 0 Å². The molecule has 296 valence electrons. The van der Waals surface area contributed by atoms with Gasteiger partial charge in [0.2, 0.25) is 0 Å². The van der Waals surface area contributed by atoms with Gasteiger partial charge in [-0.05, 0) is 64.7 Å². The molecule has 0 fully saturated rings. The maximum atomic E-state index is 6.72. The number of aromatic nitrogens is 1. The minimum absolute atomic E-state index is 0.879. The summed E-state index contributed by atoms with van der Waals surface area (Å²) < 4.78 is 9.19. The first-order chi connectivity index (χ1) is 31.3. The molecule has 0 amide bonds. The average Bonchev–Trinajstić information content (AvgIpc) is 3.92. The van der Waals surface area contributed by atoms with Crippen LogP contribution in [0.2, 0.25) is 0 Å². The SMILES string of the molecule is c1ccc(-c2ccccc2-c2ccccc2-n2c3ccccc3c3c(N(c4ccccc4-c4ccccc4)c4ccccc4-c4cccc5c4oc4ccccc45)cccc32)cc1. The van der Waals surface area contributed by atoms with Crippen molar-refractivity contribution in [3.63, 3.8) is 0 Å². The highest BCUT2D eigenvalue weighted by Gasteiger charge is 2.26. The van der Waals surface area contributed by atoms with Crippen LogP contribution in [0.25, 0.3) is 93.9 Å². The third kappa shape index (κ3) is 6.05. The molecule has 2 aromatic heterocycles. The minimum atomic E-state index is 0.879. The summed E-state index contributed by atoms with van der Waals surface area (Å²) in [5.74, 6) is 0. The normalized spacial score (nSPS) is 11.5. The second-order valence-corrected chi connectivity index (χ2v) is 16.0. The van der Waals surface area contributed by atoms with Crippen molar-refractivity contribution in [2.24, 2.45) is 0 Å². The van der Waals surface area contributed by atoms with E-state index < -0.39 is 0 Å². The number of hydrogen-bond donors (Lipinski definition) is 0. The summed E-state index contributed by atoms with van der Waals surface area (Å²) in [5.41, 5.74) is 17.5. The number of hydrogen-bond acceptors (Lipinski definition) is 2. The lowest BCUT2D eigenvalue weighted by Gasteiger charge is -2.30. The van der Waals surface area contributed by atoms with Gasteiger partial charge in [-0.1, -0.05) is 200 Å². The molecular formula is C60H40N2O. The molecule has 3 nitrogen and oxygen atoms in total. The molecule has 0 saturated heterocycles. The number of fused-ring (bicyclic) bond motifs is 6. The van der Waals surface area contributed by atoms with Crippen LogP contribution in [0.3, 0.4) is 0 Å². The van der Waals surface area contributed by atoms with Gasteiger partial charge in [-0.15, -0.1) is 0 Å². The summed E-state index contributed by atoms with van der Waals surface area (Å²) >= 11 is 0. The largest absolute Gasteiger partial charge is 0.455 e. The van der Waals surface area contributed by atoms with E-state index in [0.29, 0.717) is 0 Å². The molecule has 0 bridgehead atoms. The Bertz CT molecular complexity index is 3640. The van der Waals surface area contributed by atoms with E-state index in [1.165, 1.54) is 33.0 Å². The van der Waals surface area contributed by atoms with Crippen molar-refractivity contribution in [1.29, 1.82) is 0 Å². The highest BCUT2D eigenvalue weighted by atomic mass is 16.3. The van der Waals surface area contributed by atoms with Gasteiger partial charge in [0, 0.05) is 43.8 Å². The maximum absolute atomic E-state index is 6.72. The van der Waals surface area contributed by atoms with Crippen molar-refractivity contribution < 1.29 is 4.42 Å². The smallest absolute Gasteiger partial charge is 0.143 e. The van der Waals surface area contributed by atoms with E-state index in [2.05, 4.69) is 246 Å². The van der Waals surface area contributed by atoms with E-state index in [-0.39, 0.29) is 0 Å². The Kier molecular flexibility index (Phi) is 8.83. The summed E-state index contributed by atoms with van der Waals surface area (Å²) in [6.07, 6.45) is 0. The van der Waals surface area contributed by atoms with E-state index in [4.69, 9.17) is 4.42 Å². The van der Waals surface area contributed by atoms with Crippen molar-refractivity contribution in [2.75, 3.05) is 4.90 Å². The van der Waals surface area contributed by atoms with E-state index in [9.17, 15) is 0 Å². The zero-order chi connectivity index (χ0) is 41.7. The predicted molar refractivity (Wildman–Crippen MR) is 264 cm³/mol. The molecule has 0 saturated carbocycles. The van der Waals surface area contributed by atoms with Gasteiger partial charge >= 0.3 is 0 Å². The molecule has 0 atom stereocenters. The van der Waals surface area contributed by atoms with Gasteiger partial charge in [0.1, 0.15) is 11.2 Å². The average molecular weight is 805 g/mol. The molecule has 0 spiro atoms. The van der Waals surface area contributed by atoms with Gasteiger partial charge in [0.05, 0.1) is 33.8 Å². The molecule has 63 heavy (non-hydrogen) atoms. The first-order valence-corrected chi connectivity index (χ1v) is 21.5. The lowest BCUT2D eigenvalue weighted by Crippen LogP contribution is -2.13. The van der Waals surface area contributed by atoms with E-state index >= 15 is 0 Å². The fourth-order valence-corrected chi connectivity index (χ4v) is 9.71. The maximum Gasteiger partial charge on any atom is 0.143 e. The van der Waals surface area contributed by atoms with Crippen LogP contribution in [-0.2, 0) is 0 Å². The number of nitrogens with zero attached hydrogens (tertiary/aromatic N) is 2. The third-order valence-corrected chi connectivity index (χ3v) is 12.4. The van der Waals surface area contributed by atoms with Gasteiger partial charge in [-0.3, -0.25) is 0 Å². The van der Waals surface area contributed by atoms with Crippen LogP contribution in [0, 0.1) is 0 Å². The molecule has 12 rings (SSSR count). The zero-order valence-corrected chi connectivity index (χ0v) is 34.4. The first kappa shape index (κ1) is 36.5. The number of rotatable bonds is 8. The van der Waals surface area contributed by atoms with Crippen molar-refractivity contribution in [3.05, 3.63) is 243 Å². The molecule has 12 aromatic rings. The van der Waals surface area contributed by atoms with Gasteiger partial charge in [0.25, 0.3) is 0 Å². The third-order valence-electron chi connectivity index (χ3n) is 12.4. The van der Waals surface area contributed by atoms with Crippen LogP contribution < -0.4 is 4.90 Å². The molecule has 3 heteroatoms. The molecular weight excluding hydrogens is 765 g/mol. The summed E-state index contributed by atoms with van der Waals surface area (Å²) in [4.78, 5) is 2.48. The summed E-state index contributed by atoms with van der Waals surface area (Å²) in [5, 5.41) is 4.56. The zero-order valence-electron chi connectivity index (χ0n) is 34.4. The van der Waals surface area contributed by atoms with Crippen molar-refractivity contribution in [2.45, 2.75) is 0 Å². The van der Waals surface area contributed by atoms with Crippen LogP contribution in [0.1, 0.15) is 0 Å². The van der Waals surface area contributed by atoms with Crippen LogP contribution in [0.5, 0.6) is 0 Å². The molecule has 2 heterocycles. The Morgan fingerprint density at radius 1 is 0.302 bits per heavy atom. The predicted octanol–water partition coefficient (Wildman–Crippen LogP) is 16.8. The quantitative estimate of drug-likeness (QED) is 0.153. The highest BCUT2D eigenvalue weighted by molar-refractivity contribution is 6.18. The molecule has 0 radical (unpaired) electrons. The van der Waals surface area contributed by atoms with Crippen LogP contribution in [0.4, 0.5) is 17.1 Å². The molecule has 0 aliphatic rings.